The molecule has 1 aromatic rings. The van der Waals surface area contributed by atoms with Crippen molar-refractivity contribution in [2.45, 2.75) is 18.6 Å². The second-order valence-electron chi connectivity index (χ2n) is 5.47. The van der Waals surface area contributed by atoms with Crippen LogP contribution in [0.2, 0.25) is 0 Å². The van der Waals surface area contributed by atoms with Crippen molar-refractivity contribution in [1.82, 2.24) is 10.2 Å². The maximum Gasteiger partial charge on any atom is 0.490 e. The van der Waals surface area contributed by atoms with Crippen LogP contribution in [0.25, 0.3) is 0 Å². The second-order valence-corrected chi connectivity index (χ2v) is 6.32. The van der Waals surface area contributed by atoms with E-state index in [0.717, 1.165) is 47.4 Å². The van der Waals surface area contributed by atoms with E-state index in [1.165, 1.54) is 0 Å². The lowest BCUT2D eigenvalue weighted by Gasteiger charge is -2.40. The number of carboxylic acid groups (broad SMARTS) is 1. The summed E-state index contributed by atoms with van der Waals surface area (Å²) in [6, 6.07) is 4.06. The molecule has 0 aromatic heterocycles. The van der Waals surface area contributed by atoms with E-state index in [2.05, 4.69) is 21.2 Å². The molecule has 10 heteroatoms. The topological polar surface area (TPSA) is 78.9 Å². The van der Waals surface area contributed by atoms with Crippen molar-refractivity contribution in [1.29, 1.82) is 0 Å². The fourth-order valence-electron chi connectivity index (χ4n) is 2.82. The molecule has 138 valence electrons. The summed E-state index contributed by atoms with van der Waals surface area (Å²) in [6.07, 6.45) is -4.23. The molecule has 2 aliphatic rings. The summed E-state index contributed by atoms with van der Waals surface area (Å²) in [5, 5.41) is 10.5. The van der Waals surface area contributed by atoms with Crippen LogP contribution < -0.4 is 10.1 Å². The predicted molar refractivity (Wildman–Crippen MR) is 85.8 cm³/mol. The van der Waals surface area contributed by atoms with E-state index in [0.29, 0.717) is 0 Å². The van der Waals surface area contributed by atoms with Gasteiger partial charge in [-0.05, 0) is 34.5 Å². The Morgan fingerprint density at radius 1 is 1.44 bits per heavy atom. The largest absolute Gasteiger partial charge is 0.496 e. The van der Waals surface area contributed by atoms with Crippen LogP contribution in [0.1, 0.15) is 15.9 Å². The number of aliphatic carboxylic acids is 1. The lowest BCUT2D eigenvalue weighted by atomic mass is 9.91. The quantitative estimate of drug-likeness (QED) is 0.721. The highest BCUT2D eigenvalue weighted by Crippen LogP contribution is 2.35. The van der Waals surface area contributed by atoms with Gasteiger partial charge in [-0.15, -0.1) is 0 Å². The van der Waals surface area contributed by atoms with Crippen LogP contribution in [0.4, 0.5) is 13.2 Å². The minimum atomic E-state index is -5.08. The summed E-state index contributed by atoms with van der Waals surface area (Å²) in [5.41, 5.74) is 1.80. The Balaban J connectivity index is 0.000000277. The number of carboxylic acids is 1. The van der Waals surface area contributed by atoms with Crippen LogP contribution >= 0.6 is 15.9 Å². The van der Waals surface area contributed by atoms with Crippen molar-refractivity contribution < 1.29 is 32.6 Å². The van der Waals surface area contributed by atoms with Gasteiger partial charge in [-0.2, -0.15) is 13.2 Å². The summed E-state index contributed by atoms with van der Waals surface area (Å²) >= 11 is 3.48. The van der Waals surface area contributed by atoms with E-state index >= 15 is 0 Å². The third-order valence-corrected chi connectivity index (χ3v) is 4.61. The first kappa shape index (κ1) is 19.5. The van der Waals surface area contributed by atoms with E-state index in [-0.39, 0.29) is 11.9 Å². The Kier molecular flexibility index (Phi) is 5.94. The maximum absolute atomic E-state index is 12.6. The number of nitrogens with one attached hydrogen (secondary N) is 1. The number of rotatable bonds is 1. The van der Waals surface area contributed by atoms with Gasteiger partial charge < -0.3 is 20.1 Å². The van der Waals surface area contributed by atoms with Crippen molar-refractivity contribution >= 4 is 27.8 Å². The molecule has 0 unspecified atom stereocenters. The first-order valence-electron chi connectivity index (χ1n) is 7.34. The van der Waals surface area contributed by atoms with Crippen LogP contribution in [-0.2, 0) is 11.2 Å². The fraction of sp³-hybridized carbons (Fsp3) is 0.467. The Hall–Kier alpha value is -1.81. The fourth-order valence-corrected chi connectivity index (χ4v) is 3.36. The first-order chi connectivity index (χ1) is 11.7. The van der Waals surface area contributed by atoms with Gasteiger partial charge in [0.1, 0.15) is 5.75 Å². The van der Waals surface area contributed by atoms with Gasteiger partial charge in [0.15, 0.2) is 0 Å². The molecule has 1 fully saturated rings. The molecule has 2 heterocycles. The monoisotopic (exact) mass is 424 g/mol. The molecule has 3 rings (SSSR count). The number of benzene rings is 1. The molecular weight excluding hydrogens is 409 g/mol. The van der Waals surface area contributed by atoms with Gasteiger partial charge in [0, 0.05) is 35.7 Å². The number of hydrogen-bond acceptors (Lipinski definition) is 4. The molecule has 2 N–H and O–H groups in total. The number of alkyl halides is 3. The summed E-state index contributed by atoms with van der Waals surface area (Å²) in [7, 11) is 1.65. The highest BCUT2D eigenvalue weighted by molar-refractivity contribution is 9.10. The third kappa shape index (κ3) is 4.24. The van der Waals surface area contributed by atoms with Gasteiger partial charge in [0.25, 0.3) is 5.91 Å². The van der Waals surface area contributed by atoms with Crippen LogP contribution in [0.15, 0.2) is 16.6 Å². The molecule has 1 saturated heterocycles. The number of nitrogens with zero attached hydrogens (tertiary/aromatic N) is 1. The molecule has 1 aromatic carbocycles. The van der Waals surface area contributed by atoms with E-state index in [1.807, 2.05) is 17.0 Å². The molecule has 2 aliphatic heterocycles. The Morgan fingerprint density at radius 3 is 2.64 bits per heavy atom. The molecule has 25 heavy (non-hydrogen) atoms. The highest BCUT2D eigenvalue weighted by Gasteiger charge is 2.38. The highest BCUT2D eigenvalue weighted by atomic mass is 79.9. The zero-order chi connectivity index (χ0) is 18.8. The molecule has 0 saturated carbocycles. The second kappa shape index (κ2) is 7.61. The van der Waals surface area contributed by atoms with Crippen molar-refractivity contribution in [2.24, 2.45) is 0 Å². The molecule has 6 nitrogen and oxygen atoms in total. The molecule has 0 radical (unpaired) electrons. The van der Waals surface area contributed by atoms with Gasteiger partial charge in [0.2, 0.25) is 0 Å². The van der Waals surface area contributed by atoms with Gasteiger partial charge in [-0.3, -0.25) is 4.79 Å². The Labute approximate surface area is 150 Å². The Morgan fingerprint density at radius 2 is 2.08 bits per heavy atom. The van der Waals surface area contributed by atoms with Crippen molar-refractivity contribution in [3.05, 3.63) is 27.7 Å². The molecule has 0 aliphatic carbocycles. The number of fused-ring (bicyclic) bond motifs is 2. The number of halogens is 4. The van der Waals surface area contributed by atoms with Gasteiger partial charge in [-0.1, -0.05) is 0 Å². The van der Waals surface area contributed by atoms with Gasteiger partial charge in [0.05, 0.1) is 12.7 Å². The smallest absolute Gasteiger partial charge is 0.490 e. The third-order valence-electron chi connectivity index (χ3n) is 3.95. The van der Waals surface area contributed by atoms with Gasteiger partial charge in [-0.25, -0.2) is 4.79 Å². The molecule has 1 atom stereocenters. The predicted octanol–water partition coefficient (Wildman–Crippen LogP) is 2.06. The van der Waals surface area contributed by atoms with E-state index < -0.39 is 12.1 Å². The lowest BCUT2D eigenvalue weighted by Crippen LogP contribution is -2.56. The van der Waals surface area contributed by atoms with Crippen molar-refractivity contribution in [3.8, 4) is 5.75 Å². The summed E-state index contributed by atoms with van der Waals surface area (Å²) in [5.74, 6) is -1.83. The number of carbonyl (C=O) groups is 2. The minimum absolute atomic E-state index is 0.119. The normalized spacial score (nSPS) is 19.3. The summed E-state index contributed by atoms with van der Waals surface area (Å²) in [4.78, 5) is 23.4. The standard InChI is InChI=1S/C13H15BrN2O2.C2HF3O2/c1-18-11-3-2-10(14)12-9(11)6-8-7-15-4-5-16(8)13(12)17;3-2(4,5)1(6)7/h2-3,8,15H,4-7H2,1H3;(H,6,7)/t8-;/m1./s1. The number of hydrogen-bond donors (Lipinski definition) is 2. The number of amides is 1. The summed E-state index contributed by atoms with van der Waals surface area (Å²) in [6.45, 7) is 2.52. The zero-order valence-corrected chi connectivity index (χ0v) is 14.8. The average Bonchev–Trinajstić information content (AvgIpc) is 2.55. The van der Waals surface area contributed by atoms with Crippen LogP contribution in [0.3, 0.4) is 0 Å². The number of piperazine rings is 1. The van der Waals surface area contributed by atoms with E-state index in [1.54, 1.807) is 7.11 Å². The average molecular weight is 425 g/mol. The zero-order valence-electron chi connectivity index (χ0n) is 13.2. The molecule has 1 amide bonds. The Bertz CT molecular complexity index is 681. The minimum Gasteiger partial charge on any atom is -0.496 e. The number of ether oxygens (including phenoxy) is 1. The first-order valence-corrected chi connectivity index (χ1v) is 8.13. The van der Waals surface area contributed by atoms with E-state index in [4.69, 9.17) is 14.6 Å². The maximum atomic E-state index is 12.6. The van der Waals surface area contributed by atoms with Crippen molar-refractivity contribution in [2.75, 3.05) is 26.7 Å². The molecular formula is C15H16BrF3N2O4. The number of carbonyl (C=O) groups excluding carboxylic acids is 1. The van der Waals surface area contributed by atoms with Crippen LogP contribution in [0.5, 0.6) is 5.75 Å². The van der Waals surface area contributed by atoms with E-state index in [9.17, 15) is 18.0 Å². The molecule has 0 bridgehead atoms. The lowest BCUT2D eigenvalue weighted by molar-refractivity contribution is -0.192. The van der Waals surface area contributed by atoms with Crippen molar-refractivity contribution in [3.63, 3.8) is 0 Å². The number of methoxy groups -OCH3 is 1. The SMILES string of the molecule is COc1ccc(Br)c2c1C[C@@H]1CNCCN1C2=O.O=C(O)C(F)(F)F. The van der Waals surface area contributed by atoms with Gasteiger partial charge >= 0.3 is 12.1 Å². The van der Waals surface area contributed by atoms with Crippen LogP contribution in [-0.4, -0.2) is 60.8 Å². The summed E-state index contributed by atoms with van der Waals surface area (Å²) < 4.78 is 38.0. The molecule has 0 spiro atoms. The van der Waals surface area contributed by atoms with Crippen LogP contribution in [0, 0.1) is 0 Å².